The minimum absolute atomic E-state index is 0.0480. The van der Waals surface area contributed by atoms with Crippen molar-refractivity contribution in [2.24, 2.45) is 0 Å². The maximum atomic E-state index is 14.1. The Labute approximate surface area is 198 Å². The van der Waals surface area contributed by atoms with Gasteiger partial charge in [-0.3, -0.25) is 9.59 Å². The zero-order chi connectivity index (χ0) is 24.6. The number of para-hydroxylation sites is 1. The molecular weight excluding hydrogens is 459 g/mol. The van der Waals surface area contributed by atoms with Crippen LogP contribution in [0.3, 0.4) is 0 Å². The Morgan fingerprint density at radius 2 is 1.59 bits per heavy atom. The molecule has 0 aromatic heterocycles. The van der Waals surface area contributed by atoms with Gasteiger partial charge in [0.25, 0.3) is 5.91 Å². The van der Waals surface area contributed by atoms with Crippen molar-refractivity contribution in [1.29, 1.82) is 0 Å². The molecule has 3 aromatic rings. The van der Waals surface area contributed by atoms with E-state index in [4.69, 9.17) is 4.74 Å². The van der Waals surface area contributed by atoms with Crippen molar-refractivity contribution in [1.82, 2.24) is 4.72 Å². The van der Waals surface area contributed by atoms with Crippen molar-refractivity contribution in [3.05, 3.63) is 95.8 Å². The van der Waals surface area contributed by atoms with Gasteiger partial charge in [-0.2, -0.15) is 4.72 Å². The summed E-state index contributed by atoms with van der Waals surface area (Å²) in [5.41, 5.74) is 2.18. The quantitative estimate of drug-likeness (QED) is 0.429. The van der Waals surface area contributed by atoms with Gasteiger partial charge in [0.1, 0.15) is 16.8 Å². The van der Waals surface area contributed by atoms with Crippen LogP contribution in [0, 0.1) is 5.82 Å². The number of benzene rings is 3. The molecule has 0 aliphatic carbocycles. The van der Waals surface area contributed by atoms with Gasteiger partial charge in [-0.1, -0.05) is 67.6 Å². The lowest BCUT2D eigenvalue weighted by atomic mass is 10.1. The summed E-state index contributed by atoms with van der Waals surface area (Å²) < 4.78 is 47.0. The maximum absolute atomic E-state index is 14.1. The van der Waals surface area contributed by atoms with E-state index in [0.717, 1.165) is 17.7 Å². The third-order valence-electron chi connectivity index (χ3n) is 5.01. The molecule has 0 aliphatic rings. The molecule has 34 heavy (non-hydrogen) atoms. The van der Waals surface area contributed by atoms with Crippen LogP contribution >= 0.6 is 0 Å². The van der Waals surface area contributed by atoms with Crippen LogP contribution in [0.25, 0.3) is 0 Å². The fraction of sp³-hybridized carbons (Fsp3) is 0.200. The molecule has 1 amide bonds. The Hall–Kier alpha value is -3.56. The zero-order valence-electron chi connectivity index (χ0n) is 18.5. The lowest BCUT2D eigenvalue weighted by molar-refractivity contribution is -0.149. The number of rotatable bonds is 10. The van der Waals surface area contributed by atoms with Crippen molar-refractivity contribution < 1.29 is 27.1 Å². The molecule has 3 rings (SSSR count). The fourth-order valence-corrected chi connectivity index (χ4v) is 4.57. The summed E-state index contributed by atoms with van der Waals surface area (Å²) in [6.07, 6.45) is 0.654. The Kier molecular flexibility index (Phi) is 8.50. The Balaban J connectivity index is 1.73. The normalized spacial score (nSPS) is 12.1. The average Bonchev–Trinajstić information content (AvgIpc) is 2.83. The number of anilines is 1. The molecule has 0 aliphatic heterocycles. The molecule has 9 heteroatoms. The van der Waals surface area contributed by atoms with Gasteiger partial charge < -0.3 is 10.1 Å². The van der Waals surface area contributed by atoms with Crippen LogP contribution in [-0.2, 0) is 37.2 Å². The minimum atomic E-state index is -4.38. The van der Waals surface area contributed by atoms with Gasteiger partial charge in [-0.05, 0) is 42.2 Å². The average molecular weight is 485 g/mol. The number of sulfonamides is 1. The molecule has 0 spiro atoms. The number of amides is 1. The third-order valence-corrected chi connectivity index (χ3v) is 6.51. The van der Waals surface area contributed by atoms with Crippen LogP contribution in [0.4, 0.5) is 10.1 Å². The van der Waals surface area contributed by atoms with Crippen molar-refractivity contribution in [2.45, 2.75) is 30.7 Å². The number of carbonyl (C=O) groups is 2. The summed E-state index contributed by atoms with van der Waals surface area (Å²) in [4.78, 5) is 24.6. The molecule has 0 bridgehead atoms. The van der Waals surface area contributed by atoms with Crippen molar-refractivity contribution in [2.75, 3.05) is 11.9 Å². The maximum Gasteiger partial charge on any atom is 0.325 e. The second kappa shape index (κ2) is 11.5. The van der Waals surface area contributed by atoms with E-state index in [-0.39, 0.29) is 6.42 Å². The monoisotopic (exact) mass is 484 g/mol. The molecule has 2 N–H and O–H groups in total. The number of hydrogen-bond donors (Lipinski definition) is 2. The topological polar surface area (TPSA) is 102 Å². The number of carbonyl (C=O) groups excluding carboxylic acids is 2. The van der Waals surface area contributed by atoms with E-state index in [2.05, 4.69) is 10.0 Å². The van der Waals surface area contributed by atoms with Crippen LogP contribution in [0.2, 0.25) is 0 Å². The first kappa shape index (κ1) is 25.1. The van der Waals surface area contributed by atoms with Crippen molar-refractivity contribution in [3.8, 4) is 0 Å². The summed E-state index contributed by atoms with van der Waals surface area (Å²) in [5.74, 6) is -2.47. The fourth-order valence-electron chi connectivity index (χ4n) is 3.31. The van der Waals surface area contributed by atoms with Crippen molar-refractivity contribution in [3.63, 3.8) is 0 Å². The lowest BCUT2D eigenvalue weighted by Crippen LogP contribution is -2.44. The second-order valence-electron chi connectivity index (χ2n) is 7.46. The number of ether oxygens (including phenoxy) is 1. The van der Waals surface area contributed by atoms with Gasteiger partial charge >= 0.3 is 5.97 Å². The van der Waals surface area contributed by atoms with Crippen LogP contribution in [0.1, 0.15) is 18.1 Å². The van der Waals surface area contributed by atoms with Crippen LogP contribution < -0.4 is 10.0 Å². The third kappa shape index (κ3) is 6.72. The van der Waals surface area contributed by atoms with Gasteiger partial charge in [-0.25, -0.2) is 12.8 Å². The predicted molar refractivity (Wildman–Crippen MR) is 126 cm³/mol. The molecule has 0 heterocycles. The second-order valence-corrected chi connectivity index (χ2v) is 9.14. The van der Waals surface area contributed by atoms with Gasteiger partial charge in [0.05, 0.1) is 0 Å². The zero-order valence-corrected chi connectivity index (χ0v) is 19.3. The summed E-state index contributed by atoms with van der Waals surface area (Å²) in [6, 6.07) is 19.4. The molecular formula is C25H25FN2O5S. The first-order valence-electron chi connectivity index (χ1n) is 10.7. The number of halogens is 1. The minimum Gasteiger partial charge on any atom is -0.454 e. The molecule has 0 fully saturated rings. The van der Waals surface area contributed by atoms with Gasteiger partial charge in [0.15, 0.2) is 6.61 Å². The summed E-state index contributed by atoms with van der Waals surface area (Å²) in [5, 5.41) is 2.68. The predicted octanol–water partition coefficient (Wildman–Crippen LogP) is 3.46. The van der Waals surface area contributed by atoms with E-state index >= 15 is 0 Å². The molecule has 1 atom stereocenters. The molecule has 7 nitrogen and oxygen atoms in total. The van der Waals surface area contributed by atoms with E-state index in [0.29, 0.717) is 17.7 Å². The Morgan fingerprint density at radius 3 is 2.29 bits per heavy atom. The van der Waals surface area contributed by atoms with Crippen LogP contribution in [-0.4, -0.2) is 32.9 Å². The highest BCUT2D eigenvalue weighted by Gasteiger charge is 2.29. The standard InChI is InChI=1S/C25H25FN2O5S/c1-2-19-12-6-8-14-21(19)27-24(29)17-33-25(30)22(16-18-10-4-3-5-11-18)28-34(31,32)23-15-9-7-13-20(23)26/h3-15,22,28H,2,16-17H2,1H3,(H,27,29)/t22-/m0/s1. The highest BCUT2D eigenvalue weighted by Crippen LogP contribution is 2.17. The van der Waals surface area contributed by atoms with E-state index in [1.165, 1.54) is 12.1 Å². The molecule has 3 aromatic carbocycles. The SMILES string of the molecule is CCc1ccccc1NC(=O)COC(=O)[C@H](Cc1ccccc1)NS(=O)(=O)c1ccccc1F. The van der Waals surface area contributed by atoms with E-state index in [1.54, 1.807) is 42.5 Å². The number of hydrogen-bond acceptors (Lipinski definition) is 5. The summed E-state index contributed by atoms with van der Waals surface area (Å²) in [7, 11) is -4.38. The van der Waals surface area contributed by atoms with Gasteiger partial charge in [0, 0.05) is 5.69 Å². The van der Waals surface area contributed by atoms with Crippen LogP contribution in [0.5, 0.6) is 0 Å². The van der Waals surface area contributed by atoms with Gasteiger partial charge in [-0.15, -0.1) is 0 Å². The molecule has 0 unspecified atom stereocenters. The number of esters is 1. The Morgan fingerprint density at radius 1 is 0.941 bits per heavy atom. The largest absolute Gasteiger partial charge is 0.454 e. The highest BCUT2D eigenvalue weighted by atomic mass is 32.2. The lowest BCUT2D eigenvalue weighted by Gasteiger charge is -2.18. The summed E-state index contributed by atoms with van der Waals surface area (Å²) >= 11 is 0. The Bertz CT molecular complexity index is 1250. The molecule has 0 saturated heterocycles. The van der Waals surface area contributed by atoms with Crippen molar-refractivity contribution >= 4 is 27.6 Å². The molecule has 0 radical (unpaired) electrons. The molecule has 178 valence electrons. The van der Waals surface area contributed by atoms with Gasteiger partial charge in [0.2, 0.25) is 10.0 Å². The first-order chi connectivity index (χ1) is 16.3. The molecule has 0 saturated carbocycles. The first-order valence-corrected chi connectivity index (χ1v) is 12.1. The van der Waals surface area contributed by atoms with E-state index < -0.39 is 45.3 Å². The number of nitrogens with one attached hydrogen (secondary N) is 2. The van der Waals surface area contributed by atoms with Crippen LogP contribution in [0.15, 0.2) is 83.8 Å². The number of aryl methyl sites for hydroxylation is 1. The summed E-state index contributed by atoms with van der Waals surface area (Å²) in [6.45, 7) is 1.34. The highest BCUT2D eigenvalue weighted by molar-refractivity contribution is 7.89. The van der Waals surface area contributed by atoms with E-state index in [1.807, 2.05) is 19.1 Å². The van der Waals surface area contributed by atoms with E-state index in [9.17, 15) is 22.4 Å². The smallest absolute Gasteiger partial charge is 0.325 e.